The van der Waals surface area contributed by atoms with Gasteiger partial charge in [0.1, 0.15) is 0 Å². The van der Waals surface area contributed by atoms with Gasteiger partial charge in [-0.25, -0.2) is 0 Å². The summed E-state index contributed by atoms with van der Waals surface area (Å²) in [6.45, 7) is 7.42. The second kappa shape index (κ2) is 4.97. The Morgan fingerprint density at radius 1 is 1.05 bits per heavy atom. The molecule has 2 fully saturated rings. The molecule has 0 spiro atoms. The predicted molar refractivity (Wildman–Crippen MR) is 91.5 cm³/mol. The van der Waals surface area contributed by atoms with E-state index in [-0.39, 0.29) is 6.10 Å². The van der Waals surface area contributed by atoms with Crippen molar-refractivity contribution in [3.05, 3.63) is 23.3 Å². The van der Waals surface area contributed by atoms with Crippen molar-refractivity contribution in [3.63, 3.8) is 0 Å². The van der Waals surface area contributed by atoms with E-state index in [1.54, 1.807) is 11.1 Å². The lowest BCUT2D eigenvalue weighted by Crippen LogP contribution is -2.49. The molecule has 0 radical (unpaired) electrons. The molecule has 4 rings (SSSR count). The standard InChI is InChI=1S/C21H32O/c1-4-14-6-8-18-17-7-5-15-13-16(22)9-11-21(15,3)19(17)10-12-20(14,18)2/h5-6,16-19,22H,4,7-13H2,1-3H3. The molecule has 1 nitrogen and oxygen atoms in total. The van der Waals surface area contributed by atoms with Crippen LogP contribution in [0.15, 0.2) is 23.3 Å². The summed E-state index contributed by atoms with van der Waals surface area (Å²) in [5.74, 6) is 2.62. The highest BCUT2D eigenvalue weighted by Gasteiger charge is 2.56. The number of aliphatic hydroxyl groups is 1. The van der Waals surface area contributed by atoms with Crippen LogP contribution < -0.4 is 0 Å². The van der Waals surface area contributed by atoms with Crippen LogP contribution in [0.2, 0.25) is 0 Å². The van der Waals surface area contributed by atoms with E-state index >= 15 is 0 Å². The minimum atomic E-state index is -0.0791. The second-order valence-corrected chi connectivity index (χ2v) is 8.93. The molecule has 6 atom stereocenters. The van der Waals surface area contributed by atoms with Crippen LogP contribution in [0, 0.1) is 28.6 Å². The van der Waals surface area contributed by atoms with E-state index in [0.717, 1.165) is 30.6 Å². The van der Waals surface area contributed by atoms with E-state index < -0.39 is 0 Å². The largest absolute Gasteiger partial charge is 0.393 e. The maximum Gasteiger partial charge on any atom is 0.0577 e. The maximum atomic E-state index is 10.1. The smallest absolute Gasteiger partial charge is 0.0577 e. The highest BCUT2D eigenvalue weighted by atomic mass is 16.3. The first-order valence-electron chi connectivity index (χ1n) is 9.56. The fourth-order valence-corrected chi connectivity index (χ4v) is 6.85. The topological polar surface area (TPSA) is 20.2 Å². The number of hydrogen-bond acceptors (Lipinski definition) is 1. The minimum Gasteiger partial charge on any atom is -0.393 e. The van der Waals surface area contributed by atoms with E-state index in [9.17, 15) is 5.11 Å². The van der Waals surface area contributed by atoms with Crippen molar-refractivity contribution in [1.29, 1.82) is 0 Å². The third-order valence-electron chi connectivity index (χ3n) is 8.20. The number of rotatable bonds is 1. The molecule has 0 aromatic heterocycles. The van der Waals surface area contributed by atoms with Gasteiger partial charge in [0, 0.05) is 0 Å². The quantitative estimate of drug-likeness (QED) is 0.655. The highest BCUT2D eigenvalue weighted by molar-refractivity contribution is 5.29. The van der Waals surface area contributed by atoms with Crippen molar-refractivity contribution in [2.24, 2.45) is 28.6 Å². The second-order valence-electron chi connectivity index (χ2n) is 8.93. The average Bonchev–Trinajstić information content (AvgIpc) is 2.84. The van der Waals surface area contributed by atoms with Crippen molar-refractivity contribution >= 4 is 0 Å². The Balaban J connectivity index is 1.66. The Labute approximate surface area is 135 Å². The molecule has 6 unspecified atom stereocenters. The molecule has 2 saturated carbocycles. The van der Waals surface area contributed by atoms with Gasteiger partial charge in [0.2, 0.25) is 0 Å². The Morgan fingerprint density at radius 3 is 2.59 bits per heavy atom. The number of fused-ring (bicyclic) bond motifs is 5. The van der Waals surface area contributed by atoms with E-state index in [1.807, 2.05) is 0 Å². The summed E-state index contributed by atoms with van der Waals surface area (Å²) in [6, 6.07) is 0. The molecule has 0 heterocycles. The minimum absolute atomic E-state index is 0.0791. The fraction of sp³-hybridized carbons (Fsp3) is 0.810. The number of allylic oxidation sites excluding steroid dienone is 3. The van der Waals surface area contributed by atoms with Crippen LogP contribution >= 0.6 is 0 Å². The SMILES string of the molecule is CCC1=CCC2C3CC=C4CC(O)CCC4(C)C3CCC12C. The van der Waals surface area contributed by atoms with Crippen molar-refractivity contribution in [1.82, 2.24) is 0 Å². The molecule has 4 aliphatic carbocycles. The summed E-state index contributed by atoms with van der Waals surface area (Å²) in [7, 11) is 0. The van der Waals surface area contributed by atoms with Crippen LogP contribution in [-0.2, 0) is 0 Å². The van der Waals surface area contributed by atoms with Gasteiger partial charge in [-0.15, -0.1) is 0 Å². The van der Waals surface area contributed by atoms with Crippen LogP contribution in [0.4, 0.5) is 0 Å². The zero-order valence-electron chi connectivity index (χ0n) is 14.6. The van der Waals surface area contributed by atoms with Crippen LogP contribution in [0.3, 0.4) is 0 Å². The van der Waals surface area contributed by atoms with E-state index in [1.165, 1.54) is 38.5 Å². The van der Waals surface area contributed by atoms with Gasteiger partial charge >= 0.3 is 0 Å². The lowest BCUT2D eigenvalue weighted by Gasteiger charge is -2.57. The molecule has 0 saturated heterocycles. The molecule has 0 aromatic rings. The first-order valence-corrected chi connectivity index (χ1v) is 9.56. The molecule has 22 heavy (non-hydrogen) atoms. The third kappa shape index (κ3) is 1.87. The van der Waals surface area contributed by atoms with Crippen molar-refractivity contribution in [2.45, 2.75) is 78.2 Å². The third-order valence-corrected chi connectivity index (χ3v) is 8.20. The van der Waals surface area contributed by atoms with Gasteiger partial charge in [-0.2, -0.15) is 0 Å². The highest BCUT2D eigenvalue weighted by Crippen LogP contribution is 2.65. The summed E-state index contributed by atoms with van der Waals surface area (Å²) in [6.07, 6.45) is 14.8. The van der Waals surface area contributed by atoms with Crippen molar-refractivity contribution in [3.8, 4) is 0 Å². The van der Waals surface area contributed by atoms with Gasteiger partial charge in [-0.3, -0.25) is 0 Å². The summed E-state index contributed by atoms with van der Waals surface area (Å²) in [5.41, 5.74) is 4.22. The van der Waals surface area contributed by atoms with Gasteiger partial charge < -0.3 is 5.11 Å². The molecule has 0 aromatic carbocycles. The van der Waals surface area contributed by atoms with Gasteiger partial charge in [0.15, 0.2) is 0 Å². The molecule has 0 amide bonds. The van der Waals surface area contributed by atoms with E-state index in [4.69, 9.17) is 0 Å². The Kier molecular flexibility index (Phi) is 3.39. The monoisotopic (exact) mass is 300 g/mol. The first-order chi connectivity index (χ1) is 10.5. The van der Waals surface area contributed by atoms with Crippen LogP contribution in [0.5, 0.6) is 0 Å². The zero-order chi connectivity index (χ0) is 15.5. The molecule has 0 bridgehead atoms. The summed E-state index contributed by atoms with van der Waals surface area (Å²) < 4.78 is 0. The van der Waals surface area contributed by atoms with Crippen LogP contribution in [0.25, 0.3) is 0 Å². The fourth-order valence-electron chi connectivity index (χ4n) is 6.85. The van der Waals surface area contributed by atoms with Gasteiger partial charge in [0.05, 0.1) is 6.10 Å². The van der Waals surface area contributed by atoms with Crippen LogP contribution in [-0.4, -0.2) is 11.2 Å². The summed E-state index contributed by atoms with van der Waals surface area (Å²) in [5, 5.41) is 10.1. The maximum absolute atomic E-state index is 10.1. The molecule has 1 heteroatoms. The lowest BCUT2D eigenvalue weighted by atomic mass is 9.47. The zero-order valence-corrected chi connectivity index (χ0v) is 14.6. The Bertz CT molecular complexity index is 530. The van der Waals surface area contributed by atoms with E-state index in [2.05, 4.69) is 32.9 Å². The summed E-state index contributed by atoms with van der Waals surface area (Å²) in [4.78, 5) is 0. The van der Waals surface area contributed by atoms with E-state index in [0.29, 0.717) is 10.8 Å². The average molecular weight is 300 g/mol. The predicted octanol–water partition coefficient (Wildman–Crippen LogP) is 5.26. The molecular formula is C21H32O. The summed E-state index contributed by atoms with van der Waals surface area (Å²) >= 11 is 0. The Hall–Kier alpha value is -0.560. The van der Waals surface area contributed by atoms with Crippen molar-refractivity contribution < 1.29 is 5.11 Å². The number of aliphatic hydroxyl groups excluding tert-OH is 1. The van der Waals surface area contributed by atoms with Gasteiger partial charge in [-0.1, -0.05) is 44.1 Å². The number of hydrogen-bond donors (Lipinski definition) is 1. The van der Waals surface area contributed by atoms with Gasteiger partial charge in [0.25, 0.3) is 0 Å². The normalized spacial score (nSPS) is 50.5. The van der Waals surface area contributed by atoms with Gasteiger partial charge in [-0.05, 0) is 80.0 Å². The van der Waals surface area contributed by atoms with Crippen LogP contribution in [0.1, 0.15) is 72.1 Å². The molecule has 0 aliphatic heterocycles. The Morgan fingerprint density at radius 2 is 1.82 bits per heavy atom. The molecule has 4 aliphatic rings. The molecule has 122 valence electrons. The van der Waals surface area contributed by atoms with Crippen molar-refractivity contribution in [2.75, 3.05) is 0 Å². The lowest BCUT2D eigenvalue weighted by molar-refractivity contribution is -0.0299. The molecular weight excluding hydrogens is 268 g/mol. The molecule has 1 N–H and O–H groups in total. The first kappa shape index (κ1) is 15.0.